The number of nitrogens with two attached hydrogens (primary N) is 1. The number of amides is 1. The van der Waals surface area contributed by atoms with Gasteiger partial charge in [-0.25, -0.2) is 8.78 Å². The van der Waals surface area contributed by atoms with Crippen molar-refractivity contribution in [2.75, 3.05) is 20.3 Å². The number of benzene rings is 1. The van der Waals surface area contributed by atoms with Gasteiger partial charge < -0.3 is 15.4 Å². The highest BCUT2D eigenvalue weighted by Crippen LogP contribution is 2.08. The molecule has 1 amide bonds. The first-order valence-electron chi connectivity index (χ1n) is 5.90. The van der Waals surface area contributed by atoms with Gasteiger partial charge in [-0.3, -0.25) is 4.79 Å². The number of halogens is 3. The van der Waals surface area contributed by atoms with Crippen LogP contribution in [-0.4, -0.2) is 43.5 Å². The molecule has 0 aliphatic carbocycles. The van der Waals surface area contributed by atoms with E-state index in [0.717, 1.165) is 10.5 Å². The molecule has 0 bridgehead atoms. The van der Waals surface area contributed by atoms with Crippen LogP contribution in [0.25, 0.3) is 0 Å². The minimum absolute atomic E-state index is 0. The lowest BCUT2D eigenvalue weighted by Crippen LogP contribution is -2.47. The summed E-state index contributed by atoms with van der Waals surface area (Å²) >= 11 is 0. The van der Waals surface area contributed by atoms with Crippen molar-refractivity contribution in [1.29, 1.82) is 0 Å². The summed E-state index contributed by atoms with van der Waals surface area (Å²) in [5.41, 5.74) is 6.38. The number of hydrogen-bond donors (Lipinski definition) is 1. The van der Waals surface area contributed by atoms with E-state index in [1.807, 2.05) is 6.07 Å². The number of alkyl halides is 2. The molecule has 0 spiro atoms. The van der Waals surface area contributed by atoms with Gasteiger partial charge in [-0.1, -0.05) is 30.3 Å². The molecule has 0 radical (unpaired) electrons. The third kappa shape index (κ3) is 6.27. The molecule has 4 nitrogen and oxygen atoms in total. The molecule has 2 N–H and O–H groups in total. The van der Waals surface area contributed by atoms with Gasteiger partial charge in [0.15, 0.2) is 0 Å². The molecule has 114 valence electrons. The first-order chi connectivity index (χ1) is 9.04. The molecule has 1 aromatic rings. The number of hydrogen-bond acceptors (Lipinski definition) is 3. The molecule has 1 unspecified atom stereocenters. The molecule has 7 heteroatoms. The van der Waals surface area contributed by atoms with Gasteiger partial charge >= 0.3 is 0 Å². The average molecular weight is 309 g/mol. The average Bonchev–Trinajstić information content (AvgIpc) is 2.38. The van der Waals surface area contributed by atoms with Crippen LogP contribution in [-0.2, 0) is 16.1 Å². The fraction of sp³-hybridized carbons (Fsp3) is 0.462. The normalized spacial score (nSPS) is 11.8. The second kappa shape index (κ2) is 9.63. The number of rotatable bonds is 7. The van der Waals surface area contributed by atoms with Crippen LogP contribution in [0, 0.1) is 0 Å². The Morgan fingerprint density at radius 3 is 2.45 bits per heavy atom. The van der Waals surface area contributed by atoms with E-state index in [1.54, 1.807) is 24.3 Å². The first kappa shape index (κ1) is 18.8. The minimum atomic E-state index is -2.59. The largest absolute Gasteiger partial charge is 0.383 e. The highest BCUT2D eigenvalue weighted by Gasteiger charge is 2.23. The maximum absolute atomic E-state index is 12.5. The van der Waals surface area contributed by atoms with Gasteiger partial charge in [-0.15, -0.1) is 12.4 Å². The van der Waals surface area contributed by atoms with E-state index in [2.05, 4.69) is 0 Å². The van der Waals surface area contributed by atoms with Crippen molar-refractivity contribution in [3.05, 3.63) is 35.9 Å². The van der Waals surface area contributed by atoms with Crippen LogP contribution in [0.1, 0.15) is 5.56 Å². The van der Waals surface area contributed by atoms with Crippen LogP contribution in [0.2, 0.25) is 0 Å². The van der Waals surface area contributed by atoms with Gasteiger partial charge in [0.2, 0.25) is 5.91 Å². The Balaban J connectivity index is 0.00000361. The zero-order valence-electron chi connectivity index (χ0n) is 11.2. The Kier molecular flexibility index (Phi) is 9.03. The smallest absolute Gasteiger partial charge is 0.255 e. The molecule has 1 atom stereocenters. The monoisotopic (exact) mass is 308 g/mol. The number of carbonyl (C=O) groups excluding carboxylic acids is 1. The molecule has 0 aliphatic rings. The Morgan fingerprint density at radius 2 is 1.95 bits per heavy atom. The lowest BCUT2D eigenvalue weighted by Gasteiger charge is -2.25. The van der Waals surface area contributed by atoms with Crippen molar-refractivity contribution in [1.82, 2.24) is 4.90 Å². The molecular weight excluding hydrogens is 290 g/mol. The van der Waals surface area contributed by atoms with Crippen LogP contribution in [0.4, 0.5) is 8.78 Å². The number of methoxy groups -OCH3 is 1. The molecule has 0 saturated heterocycles. The van der Waals surface area contributed by atoms with Crippen molar-refractivity contribution in [3.8, 4) is 0 Å². The predicted molar refractivity (Wildman–Crippen MR) is 75.0 cm³/mol. The Hall–Kier alpha value is -1.24. The lowest BCUT2D eigenvalue weighted by molar-refractivity contribution is -0.136. The van der Waals surface area contributed by atoms with Crippen molar-refractivity contribution >= 4 is 18.3 Å². The van der Waals surface area contributed by atoms with Crippen LogP contribution in [0.15, 0.2) is 30.3 Å². The maximum atomic E-state index is 12.5. The number of nitrogens with zero attached hydrogens (tertiary/aromatic N) is 1. The molecule has 0 aliphatic heterocycles. The fourth-order valence-electron chi connectivity index (χ4n) is 1.69. The van der Waals surface area contributed by atoms with E-state index in [0.29, 0.717) is 0 Å². The van der Waals surface area contributed by atoms with Gasteiger partial charge in [0.25, 0.3) is 6.43 Å². The maximum Gasteiger partial charge on any atom is 0.255 e. The molecule has 0 saturated carbocycles. The van der Waals surface area contributed by atoms with Crippen LogP contribution >= 0.6 is 12.4 Å². The van der Waals surface area contributed by atoms with Gasteiger partial charge in [-0.05, 0) is 5.56 Å². The predicted octanol–water partition coefficient (Wildman–Crippen LogP) is 1.68. The molecular formula is C13H19ClF2N2O2. The third-order valence-corrected chi connectivity index (χ3v) is 2.55. The van der Waals surface area contributed by atoms with E-state index in [4.69, 9.17) is 10.5 Å². The summed E-state index contributed by atoms with van der Waals surface area (Å²) in [5.74, 6) is -0.536. The zero-order valence-corrected chi connectivity index (χ0v) is 12.0. The van der Waals surface area contributed by atoms with Gasteiger partial charge in [0, 0.05) is 13.7 Å². The summed E-state index contributed by atoms with van der Waals surface area (Å²) in [7, 11) is 1.40. The van der Waals surface area contributed by atoms with E-state index in [-0.39, 0.29) is 25.6 Å². The zero-order chi connectivity index (χ0) is 14.3. The minimum Gasteiger partial charge on any atom is -0.383 e. The first-order valence-corrected chi connectivity index (χ1v) is 5.90. The highest BCUT2D eigenvalue weighted by molar-refractivity contribution is 5.85. The molecule has 0 aromatic heterocycles. The summed E-state index contributed by atoms with van der Waals surface area (Å²) in [6.07, 6.45) is -2.59. The molecule has 0 fully saturated rings. The van der Waals surface area contributed by atoms with Gasteiger partial charge in [0.05, 0.1) is 13.2 Å². The Labute approximate surface area is 123 Å². The van der Waals surface area contributed by atoms with Gasteiger partial charge in [0.1, 0.15) is 6.04 Å². The quantitative estimate of drug-likeness (QED) is 0.834. The van der Waals surface area contributed by atoms with Crippen LogP contribution in [0.3, 0.4) is 0 Å². The Bertz CT molecular complexity index is 393. The van der Waals surface area contributed by atoms with Crippen molar-refractivity contribution in [2.45, 2.75) is 19.0 Å². The van der Waals surface area contributed by atoms with Crippen LogP contribution < -0.4 is 5.73 Å². The van der Waals surface area contributed by atoms with E-state index in [1.165, 1.54) is 7.11 Å². The van der Waals surface area contributed by atoms with Crippen LogP contribution in [0.5, 0.6) is 0 Å². The number of ether oxygens (including phenoxy) is 1. The Morgan fingerprint density at radius 1 is 1.35 bits per heavy atom. The fourth-order valence-corrected chi connectivity index (χ4v) is 1.69. The summed E-state index contributed by atoms with van der Waals surface area (Å²) in [5, 5.41) is 0. The standard InChI is InChI=1S/C13H18F2N2O2.ClH/c1-19-9-11(16)13(18)17(8-12(14)15)7-10-5-3-2-4-6-10;/h2-6,11-12H,7-9,16H2,1H3;1H. The topological polar surface area (TPSA) is 55.6 Å². The van der Waals surface area contributed by atoms with Crippen molar-refractivity contribution < 1.29 is 18.3 Å². The third-order valence-electron chi connectivity index (χ3n) is 2.55. The molecule has 1 aromatic carbocycles. The SMILES string of the molecule is COCC(N)C(=O)N(Cc1ccccc1)CC(F)F.Cl. The highest BCUT2D eigenvalue weighted by atomic mass is 35.5. The van der Waals surface area contributed by atoms with E-state index >= 15 is 0 Å². The molecule has 0 heterocycles. The van der Waals surface area contributed by atoms with E-state index < -0.39 is 24.9 Å². The number of carbonyl (C=O) groups is 1. The molecule has 1 rings (SSSR count). The van der Waals surface area contributed by atoms with Crippen molar-refractivity contribution in [2.24, 2.45) is 5.73 Å². The second-order valence-corrected chi connectivity index (χ2v) is 4.16. The lowest BCUT2D eigenvalue weighted by atomic mass is 10.2. The molecule has 20 heavy (non-hydrogen) atoms. The summed E-state index contributed by atoms with van der Waals surface area (Å²) in [6.45, 7) is -0.514. The second-order valence-electron chi connectivity index (χ2n) is 4.16. The summed E-state index contributed by atoms with van der Waals surface area (Å²) in [6, 6.07) is 8.01. The van der Waals surface area contributed by atoms with Crippen molar-refractivity contribution in [3.63, 3.8) is 0 Å². The van der Waals surface area contributed by atoms with Gasteiger partial charge in [-0.2, -0.15) is 0 Å². The van der Waals surface area contributed by atoms with E-state index in [9.17, 15) is 13.6 Å². The summed E-state index contributed by atoms with van der Waals surface area (Å²) in [4.78, 5) is 13.0. The summed E-state index contributed by atoms with van der Waals surface area (Å²) < 4.78 is 29.8.